The molecule has 1 saturated heterocycles. The van der Waals surface area contributed by atoms with Crippen LogP contribution in [-0.2, 0) is 0 Å². The minimum absolute atomic E-state index is 0.116. The maximum absolute atomic E-state index is 9.45. The first kappa shape index (κ1) is 13.1. The van der Waals surface area contributed by atoms with E-state index in [0.29, 0.717) is 11.6 Å². The highest BCUT2D eigenvalue weighted by molar-refractivity contribution is 5.83. The number of fused-ring (bicyclic) bond motifs is 1. The quantitative estimate of drug-likeness (QED) is 0.758. The average Bonchev–Trinajstić information content (AvgIpc) is 3.12. The summed E-state index contributed by atoms with van der Waals surface area (Å²) >= 11 is 0. The van der Waals surface area contributed by atoms with Crippen LogP contribution in [0.15, 0.2) is 6.33 Å². The number of hydrogen-bond donors (Lipinski definition) is 3. The monoisotopic (exact) mass is 276 g/mol. The largest absolute Gasteiger partial charge is 0.394 e. The van der Waals surface area contributed by atoms with Crippen LogP contribution in [0.1, 0.15) is 26.2 Å². The van der Waals surface area contributed by atoms with Crippen LogP contribution >= 0.6 is 0 Å². The molecular formula is C13H20N6O. The summed E-state index contributed by atoms with van der Waals surface area (Å²) in [4.78, 5) is 18.5. The van der Waals surface area contributed by atoms with Gasteiger partial charge in [-0.25, -0.2) is 4.98 Å². The molecule has 3 rings (SSSR count). The molecule has 20 heavy (non-hydrogen) atoms. The second kappa shape index (κ2) is 5.62. The molecule has 0 radical (unpaired) electrons. The fraction of sp³-hybridized carbons (Fsp3) is 0.615. The summed E-state index contributed by atoms with van der Waals surface area (Å²) < 4.78 is 0. The fourth-order valence-electron chi connectivity index (χ4n) is 2.61. The van der Waals surface area contributed by atoms with E-state index in [-0.39, 0.29) is 12.6 Å². The summed E-state index contributed by atoms with van der Waals surface area (Å²) in [7, 11) is 0. The highest BCUT2D eigenvalue weighted by Gasteiger charge is 2.27. The lowest BCUT2D eigenvalue weighted by Crippen LogP contribution is -2.33. The van der Waals surface area contributed by atoms with Gasteiger partial charge in [-0.2, -0.15) is 9.97 Å². The van der Waals surface area contributed by atoms with Crippen LogP contribution < -0.4 is 10.2 Å². The Morgan fingerprint density at radius 2 is 2.40 bits per heavy atom. The molecule has 1 fully saturated rings. The van der Waals surface area contributed by atoms with Gasteiger partial charge in [0.25, 0.3) is 0 Å². The minimum atomic E-state index is 0.116. The molecule has 108 valence electrons. The Morgan fingerprint density at radius 1 is 1.50 bits per heavy atom. The zero-order valence-corrected chi connectivity index (χ0v) is 11.6. The van der Waals surface area contributed by atoms with Crippen molar-refractivity contribution in [3.05, 3.63) is 6.33 Å². The van der Waals surface area contributed by atoms with Gasteiger partial charge in [-0.3, -0.25) is 0 Å². The van der Waals surface area contributed by atoms with Crippen LogP contribution in [0.3, 0.4) is 0 Å². The molecule has 0 aromatic carbocycles. The number of hydrogen-bond acceptors (Lipinski definition) is 6. The average molecular weight is 276 g/mol. The van der Waals surface area contributed by atoms with Crippen LogP contribution in [0.5, 0.6) is 0 Å². The molecule has 2 aromatic rings. The van der Waals surface area contributed by atoms with E-state index in [1.54, 1.807) is 6.33 Å². The second-order valence-corrected chi connectivity index (χ2v) is 5.07. The standard InChI is InChI=1S/C13H20N6O/c1-2-5-14-11-10-12(16-8-15-10)18-13(17-11)19-6-3-4-9(19)7-20/h8-9,20H,2-7H2,1H3,(H2,14,15,16,17,18). The Kier molecular flexibility index (Phi) is 3.68. The number of aromatic amines is 1. The van der Waals surface area contributed by atoms with Crippen LogP contribution in [-0.4, -0.2) is 50.8 Å². The van der Waals surface area contributed by atoms with Gasteiger partial charge in [0.2, 0.25) is 5.95 Å². The molecule has 0 spiro atoms. The van der Waals surface area contributed by atoms with E-state index >= 15 is 0 Å². The Labute approximate surface area is 117 Å². The minimum Gasteiger partial charge on any atom is -0.394 e. The normalized spacial score (nSPS) is 18.9. The van der Waals surface area contributed by atoms with Crippen molar-refractivity contribution in [1.29, 1.82) is 0 Å². The molecule has 0 amide bonds. The number of nitrogens with one attached hydrogen (secondary N) is 2. The third-order valence-corrected chi connectivity index (χ3v) is 3.66. The lowest BCUT2D eigenvalue weighted by molar-refractivity contribution is 0.265. The van der Waals surface area contributed by atoms with Crippen molar-refractivity contribution in [3.63, 3.8) is 0 Å². The smallest absolute Gasteiger partial charge is 0.229 e. The van der Waals surface area contributed by atoms with Crippen molar-refractivity contribution in [2.24, 2.45) is 0 Å². The van der Waals surface area contributed by atoms with Crippen LogP contribution in [0, 0.1) is 0 Å². The van der Waals surface area contributed by atoms with Crippen LogP contribution in [0.25, 0.3) is 11.2 Å². The molecule has 1 unspecified atom stereocenters. The van der Waals surface area contributed by atoms with E-state index in [2.05, 4.69) is 37.1 Å². The number of imidazole rings is 1. The third kappa shape index (κ3) is 2.29. The number of rotatable bonds is 5. The highest BCUT2D eigenvalue weighted by atomic mass is 16.3. The fourth-order valence-corrected chi connectivity index (χ4v) is 2.61. The first-order chi connectivity index (χ1) is 9.83. The van der Waals surface area contributed by atoms with Crippen LogP contribution in [0.4, 0.5) is 11.8 Å². The van der Waals surface area contributed by atoms with Gasteiger partial charge >= 0.3 is 0 Å². The van der Waals surface area contributed by atoms with Gasteiger partial charge in [0.15, 0.2) is 11.5 Å². The molecule has 1 aliphatic rings. The Bertz CT molecular complexity index is 583. The van der Waals surface area contributed by atoms with Crippen molar-refractivity contribution in [2.75, 3.05) is 29.9 Å². The number of aliphatic hydroxyl groups is 1. The Hall–Kier alpha value is -1.89. The third-order valence-electron chi connectivity index (χ3n) is 3.66. The topological polar surface area (TPSA) is 90.0 Å². The van der Waals surface area contributed by atoms with Crippen LogP contribution in [0.2, 0.25) is 0 Å². The molecule has 1 aliphatic heterocycles. The zero-order valence-electron chi connectivity index (χ0n) is 11.6. The van der Waals surface area contributed by atoms with Gasteiger partial charge in [-0.15, -0.1) is 0 Å². The molecule has 0 saturated carbocycles. The summed E-state index contributed by atoms with van der Waals surface area (Å²) in [6, 6.07) is 0.116. The van der Waals surface area contributed by atoms with E-state index in [1.165, 1.54) is 0 Å². The summed E-state index contributed by atoms with van der Waals surface area (Å²) in [6.45, 7) is 3.99. The van der Waals surface area contributed by atoms with E-state index < -0.39 is 0 Å². The SMILES string of the molecule is CCCNc1nc(N2CCCC2CO)nc2nc[nH]c12. The van der Waals surface area contributed by atoms with Crippen molar-refractivity contribution in [1.82, 2.24) is 19.9 Å². The van der Waals surface area contributed by atoms with E-state index in [4.69, 9.17) is 0 Å². The first-order valence-electron chi connectivity index (χ1n) is 7.16. The number of anilines is 2. The number of nitrogens with zero attached hydrogens (tertiary/aromatic N) is 4. The molecule has 3 N–H and O–H groups in total. The molecule has 7 heteroatoms. The molecule has 0 aliphatic carbocycles. The summed E-state index contributed by atoms with van der Waals surface area (Å²) in [5.41, 5.74) is 1.50. The maximum atomic E-state index is 9.45. The van der Waals surface area contributed by atoms with Crippen molar-refractivity contribution in [2.45, 2.75) is 32.2 Å². The predicted octanol–water partition coefficient (Wildman–Crippen LogP) is 1.14. The predicted molar refractivity (Wildman–Crippen MR) is 77.9 cm³/mol. The number of H-pyrrole nitrogens is 1. The molecule has 7 nitrogen and oxygen atoms in total. The molecule has 1 atom stereocenters. The maximum Gasteiger partial charge on any atom is 0.229 e. The van der Waals surface area contributed by atoms with Gasteiger partial charge < -0.3 is 20.3 Å². The van der Waals surface area contributed by atoms with Crippen molar-refractivity contribution < 1.29 is 5.11 Å². The summed E-state index contributed by atoms with van der Waals surface area (Å²) in [6.07, 6.45) is 4.70. The van der Waals surface area contributed by atoms with E-state index in [1.807, 2.05) is 0 Å². The van der Waals surface area contributed by atoms with E-state index in [9.17, 15) is 5.11 Å². The summed E-state index contributed by atoms with van der Waals surface area (Å²) in [5, 5.41) is 12.8. The van der Waals surface area contributed by atoms with Gasteiger partial charge in [0.05, 0.1) is 19.0 Å². The Morgan fingerprint density at radius 3 is 3.20 bits per heavy atom. The van der Waals surface area contributed by atoms with Gasteiger partial charge in [0, 0.05) is 13.1 Å². The first-order valence-corrected chi connectivity index (χ1v) is 7.16. The highest BCUT2D eigenvalue weighted by Crippen LogP contribution is 2.26. The van der Waals surface area contributed by atoms with Gasteiger partial charge in [-0.05, 0) is 19.3 Å². The van der Waals surface area contributed by atoms with Crippen molar-refractivity contribution in [3.8, 4) is 0 Å². The summed E-state index contributed by atoms with van der Waals surface area (Å²) in [5.74, 6) is 1.44. The molecule has 3 heterocycles. The lowest BCUT2D eigenvalue weighted by Gasteiger charge is -2.23. The number of aromatic nitrogens is 4. The second-order valence-electron chi connectivity index (χ2n) is 5.07. The number of aliphatic hydroxyl groups excluding tert-OH is 1. The van der Waals surface area contributed by atoms with E-state index in [0.717, 1.165) is 43.7 Å². The molecular weight excluding hydrogens is 256 g/mol. The van der Waals surface area contributed by atoms with Gasteiger partial charge in [-0.1, -0.05) is 6.92 Å². The lowest BCUT2D eigenvalue weighted by atomic mass is 10.2. The van der Waals surface area contributed by atoms with Gasteiger partial charge in [0.1, 0.15) is 5.52 Å². The zero-order chi connectivity index (χ0) is 13.9. The molecule has 2 aromatic heterocycles. The van der Waals surface area contributed by atoms with Crippen molar-refractivity contribution >= 4 is 22.9 Å². The molecule has 0 bridgehead atoms. The Balaban J connectivity index is 1.98.